The zero-order chi connectivity index (χ0) is 15.4. The number of carbonyl (C=O) groups excluding carboxylic acids is 1. The van der Waals surface area contributed by atoms with Crippen LogP contribution in [-0.4, -0.2) is 5.91 Å². The second-order valence-electron chi connectivity index (χ2n) is 4.91. The van der Waals surface area contributed by atoms with Gasteiger partial charge in [-0.1, -0.05) is 13.8 Å². The molecule has 2 N–H and O–H groups in total. The molecule has 21 heavy (non-hydrogen) atoms. The molecule has 0 unspecified atom stereocenters. The molecule has 0 atom stereocenters. The smallest absolute Gasteiger partial charge is 0.226 e. The van der Waals surface area contributed by atoms with Crippen molar-refractivity contribution < 1.29 is 4.79 Å². The second kappa shape index (κ2) is 7.42. The van der Waals surface area contributed by atoms with Crippen molar-refractivity contribution in [2.75, 3.05) is 10.6 Å². The summed E-state index contributed by atoms with van der Waals surface area (Å²) in [6, 6.07) is 9.84. The standard InChI is InChI=1S/C15H16Br2N2OS/c1-9(2)15(20)19-11-5-3-10(4-6-11)18-8-12-7-13(16)14(17)21-12/h3-7,9,18H,8H2,1-2H3,(H,19,20). The van der Waals surface area contributed by atoms with Gasteiger partial charge in [0, 0.05) is 33.2 Å². The van der Waals surface area contributed by atoms with Crippen molar-refractivity contribution >= 4 is 60.5 Å². The van der Waals surface area contributed by atoms with Crippen LogP contribution in [0.2, 0.25) is 0 Å². The number of benzene rings is 1. The molecule has 1 aromatic carbocycles. The van der Waals surface area contributed by atoms with Crippen LogP contribution in [-0.2, 0) is 11.3 Å². The second-order valence-corrected chi connectivity index (χ2v) is 8.22. The van der Waals surface area contributed by atoms with Gasteiger partial charge in [0.05, 0.1) is 3.79 Å². The first-order valence-electron chi connectivity index (χ1n) is 6.54. The number of hydrogen-bond acceptors (Lipinski definition) is 3. The fourth-order valence-corrected chi connectivity index (χ4v) is 3.74. The Labute approximate surface area is 145 Å². The molecular formula is C15H16Br2N2OS. The van der Waals surface area contributed by atoms with E-state index in [2.05, 4.69) is 48.6 Å². The van der Waals surface area contributed by atoms with Crippen LogP contribution in [0.25, 0.3) is 0 Å². The number of anilines is 2. The van der Waals surface area contributed by atoms with E-state index in [1.807, 2.05) is 38.1 Å². The summed E-state index contributed by atoms with van der Waals surface area (Å²) in [5.41, 5.74) is 1.85. The number of halogens is 2. The van der Waals surface area contributed by atoms with Gasteiger partial charge in [-0.2, -0.15) is 0 Å². The van der Waals surface area contributed by atoms with Gasteiger partial charge >= 0.3 is 0 Å². The lowest BCUT2D eigenvalue weighted by Crippen LogP contribution is -2.17. The van der Waals surface area contributed by atoms with Gasteiger partial charge in [0.25, 0.3) is 0 Å². The molecular weight excluding hydrogens is 416 g/mol. The third kappa shape index (κ3) is 4.83. The van der Waals surface area contributed by atoms with Gasteiger partial charge in [0.15, 0.2) is 0 Å². The molecule has 0 fully saturated rings. The minimum atomic E-state index is -0.0153. The van der Waals surface area contributed by atoms with E-state index in [1.54, 1.807) is 11.3 Å². The van der Waals surface area contributed by atoms with Crippen LogP contribution >= 0.6 is 43.2 Å². The summed E-state index contributed by atoms with van der Waals surface area (Å²) in [6.45, 7) is 4.53. The van der Waals surface area contributed by atoms with Crippen LogP contribution in [0.5, 0.6) is 0 Å². The molecule has 112 valence electrons. The van der Waals surface area contributed by atoms with Gasteiger partial charge in [-0.3, -0.25) is 4.79 Å². The molecule has 1 amide bonds. The number of thiophene rings is 1. The molecule has 0 aliphatic heterocycles. The molecule has 0 aliphatic carbocycles. The molecule has 2 aromatic rings. The lowest BCUT2D eigenvalue weighted by molar-refractivity contribution is -0.118. The average Bonchev–Trinajstić information content (AvgIpc) is 2.77. The zero-order valence-corrected chi connectivity index (χ0v) is 15.7. The molecule has 0 bridgehead atoms. The summed E-state index contributed by atoms with van der Waals surface area (Å²) < 4.78 is 2.18. The van der Waals surface area contributed by atoms with E-state index in [9.17, 15) is 4.79 Å². The van der Waals surface area contributed by atoms with E-state index in [1.165, 1.54) is 4.88 Å². The minimum absolute atomic E-state index is 0.0153. The Bertz CT molecular complexity index is 604. The van der Waals surface area contributed by atoms with Crippen molar-refractivity contribution in [1.29, 1.82) is 0 Å². The van der Waals surface area contributed by atoms with E-state index < -0.39 is 0 Å². The van der Waals surface area contributed by atoms with Crippen LogP contribution in [0.4, 0.5) is 11.4 Å². The Kier molecular flexibility index (Phi) is 5.84. The summed E-state index contributed by atoms with van der Waals surface area (Å²) in [6.07, 6.45) is 0. The van der Waals surface area contributed by atoms with Crippen LogP contribution in [0.3, 0.4) is 0 Å². The number of nitrogens with one attached hydrogen (secondary N) is 2. The van der Waals surface area contributed by atoms with Crippen LogP contribution < -0.4 is 10.6 Å². The van der Waals surface area contributed by atoms with Crippen molar-refractivity contribution in [3.05, 3.63) is 43.5 Å². The van der Waals surface area contributed by atoms with E-state index >= 15 is 0 Å². The summed E-state index contributed by atoms with van der Waals surface area (Å²) in [5, 5.41) is 6.24. The summed E-state index contributed by atoms with van der Waals surface area (Å²) >= 11 is 8.67. The zero-order valence-electron chi connectivity index (χ0n) is 11.7. The van der Waals surface area contributed by atoms with Gasteiger partial charge in [-0.15, -0.1) is 11.3 Å². The Morgan fingerprint density at radius 3 is 2.33 bits per heavy atom. The third-order valence-electron chi connectivity index (χ3n) is 2.84. The Hall–Kier alpha value is -0.850. The highest BCUT2D eigenvalue weighted by molar-refractivity contribution is 9.13. The number of rotatable bonds is 5. The lowest BCUT2D eigenvalue weighted by Gasteiger charge is -2.09. The van der Waals surface area contributed by atoms with Crippen molar-refractivity contribution in [3.63, 3.8) is 0 Å². The van der Waals surface area contributed by atoms with Crippen LogP contribution in [0, 0.1) is 5.92 Å². The molecule has 2 rings (SSSR count). The average molecular weight is 432 g/mol. The van der Waals surface area contributed by atoms with Crippen molar-refractivity contribution in [1.82, 2.24) is 0 Å². The fraction of sp³-hybridized carbons (Fsp3) is 0.267. The van der Waals surface area contributed by atoms with E-state index in [4.69, 9.17) is 0 Å². The predicted molar refractivity (Wildman–Crippen MR) is 97.0 cm³/mol. The Morgan fingerprint density at radius 2 is 1.81 bits per heavy atom. The first-order chi connectivity index (χ1) is 9.95. The number of amides is 1. The summed E-state index contributed by atoms with van der Waals surface area (Å²) in [5.74, 6) is 0.0162. The van der Waals surface area contributed by atoms with Gasteiger partial charge < -0.3 is 10.6 Å². The van der Waals surface area contributed by atoms with Gasteiger partial charge in [0.2, 0.25) is 5.91 Å². The van der Waals surface area contributed by atoms with E-state index in [-0.39, 0.29) is 11.8 Å². The predicted octanol–water partition coefficient (Wildman–Crippen LogP) is 5.48. The molecule has 6 heteroatoms. The van der Waals surface area contributed by atoms with E-state index in [0.717, 1.165) is 26.2 Å². The van der Waals surface area contributed by atoms with Crippen molar-refractivity contribution in [2.24, 2.45) is 5.92 Å². The van der Waals surface area contributed by atoms with Gasteiger partial charge in [-0.05, 0) is 62.2 Å². The maximum atomic E-state index is 11.6. The van der Waals surface area contributed by atoms with Crippen LogP contribution in [0.1, 0.15) is 18.7 Å². The molecule has 0 saturated carbocycles. The first-order valence-corrected chi connectivity index (χ1v) is 8.94. The highest BCUT2D eigenvalue weighted by Gasteiger charge is 2.07. The molecule has 0 radical (unpaired) electrons. The molecule has 3 nitrogen and oxygen atoms in total. The van der Waals surface area contributed by atoms with E-state index in [0.29, 0.717) is 0 Å². The first kappa shape index (κ1) is 16.5. The number of hydrogen-bond donors (Lipinski definition) is 2. The lowest BCUT2D eigenvalue weighted by atomic mass is 10.2. The molecule has 1 heterocycles. The fourth-order valence-electron chi connectivity index (χ4n) is 1.63. The highest BCUT2D eigenvalue weighted by atomic mass is 79.9. The number of carbonyl (C=O) groups is 1. The Balaban J connectivity index is 1.91. The molecule has 0 saturated heterocycles. The Morgan fingerprint density at radius 1 is 1.19 bits per heavy atom. The SMILES string of the molecule is CC(C)C(=O)Nc1ccc(NCc2cc(Br)c(Br)s2)cc1. The monoisotopic (exact) mass is 430 g/mol. The quantitative estimate of drug-likeness (QED) is 0.657. The van der Waals surface area contributed by atoms with Crippen molar-refractivity contribution in [3.8, 4) is 0 Å². The van der Waals surface area contributed by atoms with Crippen molar-refractivity contribution in [2.45, 2.75) is 20.4 Å². The summed E-state index contributed by atoms with van der Waals surface area (Å²) in [4.78, 5) is 12.8. The van der Waals surface area contributed by atoms with Gasteiger partial charge in [-0.25, -0.2) is 0 Å². The highest BCUT2D eigenvalue weighted by Crippen LogP contribution is 2.32. The topological polar surface area (TPSA) is 41.1 Å². The largest absolute Gasteiger partial charge is 0.380 e. The maximum absolute atomic E-state index is 11.6. The summed E-state index contributed by atoms with van der Waals surface area (Å²) in [7, 11) is 0. The van der Waals surface area contributed by atoms with Gasteiger partial charge in [0.1, 0.15) is 0 Å². The molecule has 0 aliphatic rings. The maximum Gasteiger partial charge on any atom is 0.226 e. The van der Waals surface area contributed by atoms with Crippen LogP contribution in [0.15, 0.2) is 38.6 Å². The molecule has 0 spiro atoms. The minimum Gasteiger partial charge on any atom is -0.380 e. The normalized spacial score (nSPS) is 10.7. The third-order valence-corrected chi connectivity index (χ3v) is 6.10. The molecule has 1 aromatic heterocycles.